The summed E-state index contributed by atoms with van der Waals surface area (Å²) in [6.45, 7) is 8.31. The molecule has 0 N–H and O–H groups in total. The molecule has 3 nitrogen and oxygen atoms in total. The van der Waals surface area contributed by atoms with Crippen LogP contribution in [0, 0.1) is 0 Å². The Bertz CT molecular complexity index is 421. The lowest BCUT2D eigenvalue weighted by atomic mass is 10.1. The van der Waals surface area contributed by atoms with E-state index in [4.69, 9.17) is 0 Å². The zero-order valence-electron chi connectivity index (χ0n) is 12.9. The predicted molar refractivity (Wildman–Crippen MR) is 86.2 cm³/mol. The van der Waals surface area contributed by atoms with Crippen LogP contribution in [0.4, 0.5) is 5.69 Å². The molecule has 0 aliphatic heterocycles. The van der Waals surface area contributed by atoms with Gasteiger partial charge in [0.15, 0.2) is 0 Å². The van der Waals surface area contributed by atoms with Gasteiger partial charge in [-0.05, 0) is 57.0 Å². The van der Waals surface area contributed by atoms with Crippen molar-refractivity contribution in [1.29, 1.82) is 0 Å². The third-order valence-electron chi connectivity index (χ3n) is 2.52. The molecule has 0 aliphatic carbocycles. The lowest BCUT2D eigenvalue weighted by Gasteiger charge is -2.14. The Morgan fingerprint density at radius 1 is 0.842 bits per heavy atom. The third-order valence-corrected chi connectivity index (χ3v) is 2.52. The number of benzene rings is 1. The van der Waals surface area contributed by atoms with Gasteiger partial charge in [-0.15, -0.1) is 0 Å². The van der Waals surface area contributed by atoms with Crippen LogP contribution in [0.15, 0.2) is 28.2 Å². The monoisotopic (exact) mass is 259 g/mol. The summed E-state index contributed by atoms with van der Waals surface area (Å²) < 4.78 is 0. The molecule has 0 radical (unpaired) electrons. The van der Waals surface area contributed by atoms with Gasteiger partial charge in [0.05, 0.1) is 0 Å². The summed E-state index contributed by atoms with van der Waals surface area (Å²) in [6.07, 6.45) is 3.87. The second-order valence-electron chi connectivity index (χ2n) is 5.50. The van der Waals surface area contributed by atoms with Crippen molar-refractivity contribution in [2.45, 2.75) is 39.8 Å². The van der Waals surface area contributed by atoms with Crippen molar-refractivity contribution >= 4 is 18.1 Å². The fourth-order valence-electron chi connectivity index (χ4n) is 1.54. The van der Waals surface area contributed by atoms with Gasteiger partial charge in [0.2, 0.25) is 0 Å². The maximum atomic E-state index is 4.44. The van der Waals surface area contributed by atoms with Crippen molar-refractivity contribution in [2.24, 2.45) is 9.98 Å². The standard InChI is InChI=1S/C16H25N3/c1-12(2)17-10-14-7-15(11-18-13(3)4)9-16(8-14)19(5)6/h7-13H,1-6H3. The molecule has 0 saturated heterocycles. The molecule has 0 aliphatic rings. The van der Waals surface area contributed by atoms with Crippen molar-refractivity contribution in [3.05, 3.63) is 29.3 Å². The van der Waals surface area contributed by atoms with Crippen LogP contribution in [0.3, 0.4) is 0 Å². The zero-order chi connectivity index (χ0) is 14.4. The number of hydrogen-bond donors (Lipinski definition) is 0. The van der Waals surface area contributed by atoms with Crippen molar-refractivity contribution in [1.82, 2.24) is 0 Å². The van der Waals surface area contributed by atoms with Gasteiger partial charge in [-0.3, -0.25) is 9.98 Å². The Labute approximate surface area is 117 Å². The maximum Gasteiger partial charge on any atom is 0.0443 e. The topological polar surface area (TPSA) is 28.0 Å². The van der Waals surface area contributed by atoms with Crippen LogP contribution in [-0.4, -0.2) is 38.6 Å². The molecule has 1 aromatic rings. The first-order valence-electron chi connectivity index (χ1n) is 6.77. The van der Waals surface area contributed by atoms with Crippen molar-refractivity contribution < 1.29 is 0 Å². The second-order valence-corrected chi connectivity index (χ2v) is 5.50. The van der Waals surface area contributed by atoms with Crippen molar-refractivity contribution in [3.63, 3.8) is 0 Å². The van der Waals surface area contributed by atoms with Crippen molar-refractivity contribution in [3.8, 4) is 0 Å². The van der Waals surface area contributed by atoms with Gasteiger partial charge >= 0.3 is 0 Å². The van der Waals surface area contributed by atoms with E-state index in [-0.39, 0.29) is 0 Å². The molecular formula is C16H25N3. The normalized spacial score (nSPS) is 12.2. The quantitative estimate of drug-likeness (QED) is 0.745. The molecule has 0 spiro atoms. The summed E-state index contributed by atoms with van der Waals surface area (Å²) in [7, 11) is 4.09. The Balaban J connectivity index is 3.10. The number of hydrogen-bond acceptors (Lipinski definition) is 3. The van der Waals surface area contributed by atoms with Crippen LogP contribution in [-0.2, 0) is 0 Å². The van der Waals surface area contributed by atoms with Crippen LogP contribution >= 0.6 is 0 Å². The van der Waals surface area contributed by atoms with Gasteiger partial charge in [-0.2, -0.15) is 0 Å². The molecule has 0 bridgehead atoms. The molecule has 0 unspecified atom stereocenters. The maximum absolute atomic E-state index is 4.44. The summed E-state index contributed by atoms with van der Waals surface area (Å²) in [5.74, 6) is 0. The number of aliphatic imine (C=N–C) groups is 2. The van der Waals surface area contributed by atoms with Crippen molar-refractivity contribution in [2.75, 3.05) is 19.0 Å². The van der Waals surface area contributed by atoms with E-state index in [0.717, 1.165) is 16.8 Å². The van der Waals surface area contributed by atoms with E-state index >= 15 is 0 Å². The van der Waals surface area contributed by atoms with E-state index in [1.54, 1.807) is 0 Å². The van der Waals surface area contributed by atoms with Crippen LogP contribution in [0.1, 0.15) is 38.8 Å². The molecule has 19 heavy (non-hydrogen) atoms. The average Bonchev–Trinajstić information content (AvgIpc) is 2.33. The average molecular weight is 259 g/mol. The van der Waals surface area contributed by atoms with Gasteiger partial charge in [-0.25, -0.2) is 0 Å². The Kier molecular flexibility index (Phi) is 5.74. The van der Waals surface area contributed by atoms with Gasteiger partial charge in [0.1, 0.15) is 0 Å². The highest BCUT2D eigenvalue weighted by molar-refractivity contribution is 5.88. The SMILES string of the molecule is CC(C)N=Cc1cc(C=NC(C)C)cc(N(C)C)c1. The van der Waals surface area contributed by atoms with E-state index in [9.17, 15) is 0 Å². The molecule has 0 fully saturated rings. The van der Waals surface area contributed by atoms with Crippen LogP contribution in [0.2, 0.25) is 0 Å². The van der Waals surface area contributed by atoms with Crippen LogP contribution < -0.4 is 4.90 Å². The minimum atomic E-state index is 0.316. The summed E-state index contributed by atoms with van der Waals surface area (Å²) in [4.78, 5) is 11.0. The molecule has 1 aromatic carbocycles. The summed E-state index contributed by atoms with van der Waals surface area (Å²) >= 11 is 0. The lowest BCUT2D eigenvalue weighted by molar-refractivity contribution is 0.841. The minimum absolute atomic E-state index is 0.316. The largest absolute Gasteiger partial charge is 0.378 e. The molecular weight excluding hydrogens is 234 g/mol. The highest BCUT2D eigenvalue weighted by atomic mass is 15.1. The van der Waals surface area contributed by atoms with Gasteiger partial charge in [0.25, 0.3) is 0 Å². The Hall–Kier alpha value is -1.64. The predicted octanol–water partition coefficient (Wildman–Crippen LogP) is 3.41. The van der Waals surface area contributed by atoms with E-state index in [0.29, 0.717) is 12.1 Å². The highest BCUT2D eigenvalue weighted by Gasteiger charge is 2.01. The van der Waals surface area contributed by atoms with Gasteiger partial charge in [0, 0.05) is 44.3 Å². The Morgan fingerprint density at radius 3 is 1.58 bits per heavy atom. The first-order valence-corrected chi connectivity index (χ1v) is 6.77. The Morgan fingerprint density at radius 2 is 1.26 bits per heavy atom. The fourth-order valence-corrected chi connectivity index (χ4v) is 1.54. The molecule has 0 saturated carbocycles. The highest BCUT2D eigenvalue weighted by Crippen LogP contribution is 2.16. The molecule has 0 amide bonds. The minimum Gasteiger partial charge on any atom is -0.378 e. The van der Waals surface area contributed by atoms with E-state index in [1.807, 2.05) is 26.5 Å². The molecule has 3 heteroatoms. The first-order chi connectivity index (χ1) is 8.88. The summed E-state index contributed by atoms with van der Waals surface area (Å²) in [5, 5.41) is 0. The second kappa shape index (κ2) is 7.07. The van der Waals surface area contributed by atoms with E-state index < -0.39 is 0 Å². The third kappa shape index (κ3) is 5.69. The fraction of sp³-hybridized carbons (Fsp3) is 0.500. The van der Waals surface area contributed by atoms with Crippen LogP contribution in [0.25, 0.3) is 0 Å². The van der Waals surface area contributed by atoms with E-state index in [1.165, 1.54) is 0 Å². The molecule has 1 rings (SSSR count). The molecule has 0 atom stereocenters. The molecule has 0 aromatic heterocycles. The van der Waals surface area contributed by atoms with Crippen LogP contribution in [0.5, 0.6) is 0 Å². The number of rotatable bonds is 5. The first kappa shape index (κ1) is 15.4. The molecule has 0 heterocycles. The number of anilines is 1. The number of nitrogens with zero attached hydrogens (tertiary/aromatic N) is 3. The zero-order valence-corrected chi connectivity index (χ0v) is 12.9. The lowest BCUT2D eigenvalue weighted by Crippen LogP contribution is -2.09. The summed E-state index contributed by atoms with van der Waals surface area (Å²) in [6, 6.07) is 7.02. The molecule has 104 valence electrons. The van der Waals surface area contributed by atoms with E-state index in [2.05, 4.69) is 60.8 Å². The summed E-state index contributed by atoms with van der Waals surface area (Å²) in [5.41, 5.74) is 3.40. The van der Waals surface area contributed by atoms with Gasteiger partial charge in [-0.1, -0.05) is 0 Å². The van der Waals surface area contributed by atoms with Gasteiger partial charge < -0.3 is 4.90 Å². The smallest absolute Gasteiger partial charge is 0.0443 e.